The fourth-order valence-corrected chi connectivity index (χ4v) is 1.43. The molecule has 0 aromatic heterocycles. The largest absolute Gasteiger partial charge is 0.337 e. The van der Waals surface area contributed by atoms with Crippen LogP contribution >= 0.6 is 0 Å². The molecule has 0 bridgehead atoms. The van der Waals surface area contributed by atoms with Crippen molar-refractivity contribution in [2.75, 3.05) is 6.54 Å². The van der Waals surface area contributed by atoms with E-state index >= 15 is 0 Å². The van der Waals surface area contributed by atoms with E-state index in [9.17, 15) is 4.79 Å². The van der Waals surface area contributed by atoms with Crippen LogP contribution in [0.1, 0.15) is 19.8 Å². The summed E-state index contributed by atoms with van der Waals surface area (Å²) in [5.41, 5.74) is 0. The Labute approximate surface area is 61.5 Å². The van der Waals surface area contributed by atoms with Crippen molar-refractivity contribution < 1.29 is 4.79 Å². The smallest absolute Gasteiger partial charge is 0.219 e. The lowest BCUT2D eigenvalue weighted by Crippen LogP contribution is -2.31. The Balaban J connectivity index is 2.58. The topological polar surface area (TPSA) is 20.3 Å². The van der Waals surface area contributed by atoms with Gasteiger partial charge >= 0.3 is 0 Å². The third-order valence-corrected chi connectivity index (χ3v) is 1.98. The van der Waals surface area contributed by atoms with Gasteiger partial charge in [0.15, 0.2) is 0 Å². The molecule has 1 aliphatic rings. The molecule has 0 aliphatic carbocycles. The molecule has 1 saturated heterocycles. The maximum absolute atomic E-state index is 10.9. The number of nitrogens with zero attached hydrogens (tertiary/aromatic N) is 1. The average molecular weight is 139 g/mol. The molecule has 2 heteroatoms. The zero-order chi connectivity index (χ0) is 7.56. The van der Waals surface area contributed by atoms with Crippen LogP contribution in [0.5, 0.6) is 0 Å². The predicted molar refractivity (Wildman–Crippen MR) is 40.6 cm³/mol. The van der Waals surface area contributed by atoms with Gasteiger partial charge in [0.25, 0.3) is 0 Å². The molecule has 0 radical (unpaired) electrons. The van der Waals surface area contributed by atoms with E-state index in [1.165, 1.54) is 0 Å². The summed E-state index contributed by atoms with van der Waals surface area (Å²) in [6, 6.07) is 0.303. The summed E-state index contributed by atoms with van der Waals surface area (Å²) in [6.07, 6.45) is 4.06. The minimum absolute atomic E-state index is 0.169. The summed E-state index contributed by atoms with van der Waals surface area (Å²) in [5, 5.41) is 0. The molecule has 0 aromatic carbocycles. The molecule has 56 valence electrons. The van der Waals surface area contributed by atoms with Crippen LogP contribution in [0.4, 0.5) is 0 Å². The van der Waals surface area contributed by atoms with Gasteiger partial charge in [0, 0.05) is 19.5 Å². The quantitative estimate of drug-likeness (QED) is 0.499. The van der Waals surface area contributed by atoms with Crippen molar-refractivity contribution in [3.05, 3.63) is 12.7 Å². The molecule has 0 aromatic rings. The number of amides is 1. The molecule has 10 heavy (non-hydrogen) atoms. The average Bonchev–Trinajstić information content (AvgIpc) is 2.33. The number of hydrogen-bond acceptors (Lipinski definition) is 1. The van der Waals surface area contributed by atoms with Crippen molar-refractivity contribution in [1.82, 2.24) is 4.90 Å². The van der Waals surface area contributed by atoms with Gasteiger partial charge in [0.1, 0.15) is 0 Å². The highest BCUT2D eigenvalue weighted by Gasteiger charge is 2.22. The summed E-state index contributed by atoms with van der Waals surface area (Å²) >= 11 is 0. The molecular weight excluding hydrogens is 126 g/mol. The summed E-state index contributed by atoms with van der Waals surface area (Å²) in [5.74, 6) is 0.169. The van der Waals surface area contributed by atoms with Gasteiger partial charge in [-0.1, -0.05) is 6.08 Å². The number of carbonyl (C=O) groups excluding carboxylic acids is 1. The van der Waals surface area contributed by atoms with E-state index in [2.05, 4.69) is 6.58 Å². The van der Waals surface area contributed by atoms with Gasteiger partial charge in [-0.15, -0.1) is 6.58 Å². The molecule has 1 fully saturated rings. The van der Waals surface area contributed by atoms with Crippen molar-refractivity contribution in [3.63, 3.8) is 0 Å². The van der Waals surface area contributed by atoms with Crippen LogP contribution in [-0.4, -0.2) is 23.4 Å². The maximum Gasteiger partial charge on any atom is 0.219 e. The van der Waals surface area contributed by atoms with Crippen LogP contribution in [-0.2, 0) is 4.79 Å². The van der Waals surface area contributed by atoms with E-state index < -0.39 is 0 Å². The van der Waals surface area contributed by atoms with Gasteiger partial charge in [0.2, 0.25) is 5.91 Å². The first-order chi connectivity index (χ1) is 4.75. The van der Waals surface area contributed by atoms with E-state index in [1.54, 1.807) is 6.92 Å². The van der Waals surface area contributed by atoms with Crippen LogP contribution in [0.15, 0.2) is 12.7 Å². The summed E-state index contributed by atoms with van der Waals surface area (Å²) in [4.78, 5) is 12.8. The molecule has 0 N–H and O–H groups in total. The van der Waals surface area contributed by atoms with Crippen LogP contribution in [0.2, 0.25) is 0 Å². The van der Waals surface area contributed by atoms with Crippen molar-refractivity contribution in [2.24, 2.45) is 0 Å². The zero-order valence-corrected chi connectivity index (χ0v) is 6.34. The van der Waals surface area contributed by atoms with E-state index in [1.807, 2.05) is 11.0 Å². The number of carbonyl (C=O) groups is 1. The molecular formula is C8H13NO. The molecule has 2 nitrogen and oxygen atoms in total. The fourth-order valence-electron chi connectivity index (χ4n) is 1.43. The second-order valence-electron chi connectivity index (χ2n) is 2.66. The number of hydrogen-bond donors (Lipinski definition) is 0. The first-order valence-electron chi connectivity index (χ1n) is 3.65. The van der Waals surface area contributed by atoms with E-state index in [4.69, 9.17) is 0 Å². The standard InChI is InChI=1S/C8H13NO/c1-3-8-5-4-6-9(8)7(2)10/h3,8H,1,4-6H2,2H3/t8-/m1/s1. The van der Waals surface area contributed by atoms with Gasteiger partial charge in [0.05, 0.1) is 0 Å². The fraction of sp³-hybridized carbons (Fsp3) is 0.625. The highest BCUT2D eigenvalue weighted by molar-refractivity contribution is 5.74. The van der Waals surface area contributed by atoms with Crippen LogP contribution < -0.4 is 0 Å². The molecule has 0 unspecified atom stereocenters. The van der Waals surface area contributed by atoms with Crippen molar-refractivity contribution in [1.29, 1.82) is 0 Å². The Morgan fingerprint density at radius 2 is 2.50 bits per heavy atom. The first kappa shape index (κ1) is 7.32. The van der Waals surface area contributed by atoms with E-state index in [0.717, 1.165) is 19.4 Å². The maximum atomic E-state index is 10.9. The minimum atomic E-state index is 0.169. The Bertz CT molecular complexity index is 153. The van der Waals surface area contributed by atoms with Crippen molar-refractivity contribution in [2.45, 2.75) is 25.8 Å². The summed E-state index contributed by atoms with van der Waals surface area (Å²) < 4.78 is 0. The second kappa shape index (κ2) is 2.86. The van der Waals surface area contributed by atoms with Gasteiger partial charge < -0.3 is 4.90 Å². The number of rotatable bonds is 1. The van der Waals surface area contributed by atoms with E-state index in [0.29, 0.717) is 6.04 Å². The van der Waals surface area contributed by atoms with E-state index in [-0.39, 0.29) is 5.91 Å². The molecule has 1 aliphatic heterocycles. The van der Waals surface area contributed by atoms with Gasteiger partial charge in [-0.25, -0.2) is 0 Å². The van der Waals surface area contributed by atoms with Crippen molar-refractivity contribution in [3.8, 4) is 0 Å². The Kier molecular flexibility index (Phi) is 2.10. The highest BCUT2D eigenvalue weighted by atomic mass is 16.2. The lowest BCUT2D eigenvalue weighted by molar-refractivity contribution is -0.128. The molecule has 1 rings (SSSR count). The third-order valence-electron chi connectivity index (χ3n) is 1.98. The van der Waals surface area contributed by atoms with Crippen molar-refractivity contribution >= 4 is 5.91 Å². The number of likely N-dealkylation sites (tertiary alicyclic amines) is 1. The van der Waals surface area contributed by atoms with Gasteiger partial charge in [-0.3, -0.25) is 4.79 Å². The summed E-state index contributed by atoms with van der Waals surface area (Å²) in [7, 11) is 0. The second-order valence-corrected chi connectivity index (χ2v) is 2.66. The molecule has 1 amide bonds. The highest BCUT2D eigenvalue weighted by Crippen LogP contribution is 2.17. The zero-order valence-electron chi connectivity index (χ0n) is 6.34. The van der Waals surface area contributed by atoms with Crippen LogP contribution in [0.25, 0.3) is 0 Å². The SMILES string of the molecule is C=C[C@@H]1CCCN1C(C)=O. The predicted octanol–water partition coefficient (Wildman–Crippen LogP) is 1.18. The lowest BCUT2D eigenvalue weighted by Gasteiger charge is -2.19. The Morgan fingerprint density at radius 3 is 2.90 bits per heavy atom. The Morgan fingerprint density at radius 1 is 1.80 bits per heavy atom. The monoisotopic (exact) mass is 139 g/mol. The third kappa shape index (κ3) is 1.20. The van der Waals surface area contributed by atoms with Gasteiger partial charge in [-0.05, 0) is 12.8 Å². The molecule has 0 saturated carbocycles. The van der Waals surface area contributed by atoms with Crippen LogP contribution in [0, 0.1) is 0 Å². The van der Waals surface area contributed by atoms with Crippen LogP contribution in [0.3, 0.4) is 0 Å². The molecule has 1 heterocycles. The van der Waals surface area contributed by atoms with Gasteiger partial charge in [-0.2, -0.15) is 0 Å². The molecule has 0 spiro atoms. The Hall–Kier alpha value is -0.790. The first-order valence-corrected chi connectivity index (χ1v) is 3.65. The minimum Gasteiger partial charge on any atom is -0.337 e. The molecule has 1 atom stereocenters. The lowest BCUT2D eigenvalue weighted by atomic mass is 10.2. The normalized spacial score (nSPS) is 24.9. The summed E-state index contributed by atoms with van der Waals surface area (Å²) in [6.45, 7) is 6.20.